The number of benzene rings is 1. The average Bonchev–Trinajstić information content (AvgIpc) is 2.85. The highest BCUT2D eigenvalue weighted by atomic mass is 32.2. The lowest BCUT2D eigenvalue weighted by atomic mass is 9.86. The maximum Gasteiger partial charge on any atom is 0.335 e. The zero-order valence-corrected chi connectivity index (χ0v) is 19.9. The molecule has 2 heterocycles. The summed E-state index contributed by atoms with van der Waals surface area (Å²) in [6.07, 6.45) is -5.62. The van der Waals surface area contributed by atoms with Crippen LogP contribution in [0, 0.1) is 5.92 Å². The molecule has 0 bridgehead atoms. The van der Waals surface area contributed by atoms with E-state index in [1.54, 1.807) is 13.0 Å². The number of carbonyl (C=O) groups is 2. The van der Waals surface area contributed by atoms with Crippen LogP contribution >= 0.6 is 11.8 Å². The summed E-state index contributed by atoms with van der Waals surface area (Å²) >= 11 is 1.11. The third-order valence-electron chi connectivity index (χ3n) is 5.92. The van der Waals surface area contributed by atoms with Crippen molar-refractivity contribution in [1.82, 2.24) is 0 Å². The van der Waals surface area contributed by atoms with Gasteiger partial charge in [-0.2, -0.15) is 0 Å². The van der Waals surface area contributed by atoms with E-state index < -0.39 is 55.5 Å². The van der Waals surface area contributed by atoms with Crippen molar-refractivity contribution in [2.24, 2.45) is 5.92 Å². The summed E-state index contributed by atoms with van der Waals surface area (Å²) in [6.45, 7) is 1.00. The Kier molecular flexibility index (Phi) is 9.87. The Balaban J connectivity index is 1.69. The maximum atomic E-state index is 12.7. The summed E-state index contributed by atoms with van der Waals surface area (Å²) in [7, 11) is 0. The van der Waals surface area contributed by atoms with Gasteiger partial charge >= 0.3 is 5.97 Å². The molecule has 10 nitrogen and oxygen atoms in total. The van der Waals surface area contributed by atoms with Crippen LogP contribution < -0.4 is 0 Å². The molecule has 2 aliphatic rings. The van der Waals surface area contributed by atoms with E-state index in [1.807, 2.05) is 30.3 Å². The van der Waals surface area contributed by atoms with E-state index >= 15 is 0 Å². The van der Waals surface area contributed by atoms with Gasteiger partial charge in [-0.3, -0.25) is 4.79 Å². The summed E-state index contributed by atoms with van der Waals surface area (Å²) in [5, 5.41) is 49.1. The van der Waals surface area contributed by atoms with E-state index in [0.717, 1.165) is 23.6 Å². The van der Waals surface area contributed by atoms with Crippen molar-refractivity contribution in [1.29, 1.82) is 0 Å². The second-order valence-corrected chi connectivity index (χ2v) is 9.33. The number of aliphatic hydroxyl groups excluding tert-OH is 4. The van der Waals surface area contributed by atoms with Crippen molar-refractivity contribution >= 4 is 22.8 Å². The molecule has 11 heteroatoms. The Labute approximate surface area is 206 Å². The molecule has 0 saturated carbocycles. The first-order valence-corrected chi connectivity index (χ1v) is 12.2. The molecule has 192 valence electrons. The standard InChI is InChI=1S/C24H30O10S/c1-2-14-15(10-18(26)35-9-8-13-6-4-3-5-7-13)16(22(30)31)12-32-23(14)34-24-21(29)20(28)19(27)17(11-25)33-24/h2-7,12,15,17,19-21,23-25,27-29H,8-11H2,1H3,(H,30,31)/b14-2+/t15-,17-,19-,20+,21-,23-,24+/m0/s1. The molecule has 0 amide bonds. The third kappa shape index (κ3) is 6.70. The van der Waals surface area contributed by atoms with Crippen LogP contribution in [0.5, 0.6) is 0 Å². The zero-order valence-electron chi connectivity index (χ0n) is 19.1. The second kappa shape index (κ2) is 12.6. The molecule has 3 rings (SSSR count). The summed E-state index contributed by atoms with van der Waals surface area (Å²) in [5.41, 5.74) is 1.30. The number of rotatable bonds is 9. The summed E-state index contributed by atoms with van der Waals surface area (Å²) in [5.74, 6) is -1.56. The topological polar surface area (TPSA) is 163 Å². The molecule has 0 spiro atoms. The number of aliphatic hydroxyl groups is 4. The quantitative estimate of drug-likeness (QED) is 0.295. The first-order chi connectivity index (χ1) is 16.8. The average molecular weight is 511 g/mol. The largest absolute Gasteiger partial charge is 0.478 e. The number of thioether (sulfide) groups is 1. The van der Waals surface area contributed by atoms with Gasteiger partial charge < -0.3 is 39.7 Å². The first-order valence-electron chi connectivity index (χ1n) is 11.2. The summed E-state index contributed by atoms with van der Waals surface area (Å²) in [4.78, 5) is 24.6. The Bertz CT molecular complexity index is 931. The van der Waals surface area contributed by atoms with E-state index in [1.165, 1.54) is 0 Å². The van der Waals surface area contributed by atoms with Crippen molar-refractivity contribution in [3.8, 4) is 0 Å². The number of ether oxygens (including phenoxy) is 3. The first kappa shape index (κ1) is 27.3. The molecular weight excluding hydrogens is 480 g/mol. The molecule has 7 atom stereocenters. The molecule has 1 fully saturated rings. The Morgan fingerprint density at radius 1 is 1.11 bits per heavy atom. The second-order valence-electron chi connectivity index (χ2n) is 8.18. The minimum absolute atomic E-state index is 0.116. The fourth-order valence-electron chi connectivity index (χ4n) is 3.97. The number of carboxylic acid groups (broad SMARTS) is 1. The predicted octanol–water partition coefficient (Wildman–Crippen LogP) is 0.583. The SMILES string of the molecule is C/C=C1/[C@H](O[C@H]2O[C@@H](CO)[C@H](O)[C@@H](O)[C@@H]2O)OC=C(C(=O)O)[C@H]1CC(=O)SCCc1ccccc1. The number of carboxylic acids is 1. The molecule has 0 unspecified atom stereocenters. The molecule has 1 aromatic rings. The van der Waals surface area contributed by atoms with Gasteiger partial charge in [0.1, 0.15) is 24.4 Å². The van der Waals surface area contributed by atoms with Crippen LogP contribution in [0.15, 0.2) is 53.8 Å². The number of allylic oxidation sites excluding steroid dienone is 1. The smallest absolute Gasteiger partial charge is 0.335 e. The number of aryl methyl sites for hydroxylation is 1. The molecule has 0 aromatic heterocycles. The normalized spacial score (nSPS) is 32.1. The van der Waals surface area contributed by atoms with Crippen LogP contribution in [0.1, 0.15) is 18.9 Å². The molecule has 2 aliphatic heterocycles. The van der Waals surface area contributed by atoms with Crippen molar-refractivity contribution in [2.75, 3.05) is 12.4 Å². The van der Waals surface area contributed by atoms with E-state index in [4.69, 9.17) is 14.2 Å². The molecule has 0 radical (unpaired) electrons. The van der Waals surface area contributed by atoms with Crippen LogP contribution in [0.3, 0.4) is 0 Å². The van der Waals surface area contributed by atoms with E-state index in [0.29, 0.717) is 17.7 Å². The number of carbonyl (C=O) groups excluding carboxylic acids is 1. The summed E-state index contributed by atoms with van der Waals surface area (Å²) < 4.78 is 16.5. The number of aliphatic carboxylic acids is 1. The molecule has 5 N–H and O–H groups in total. The van der Waals surface area contributed by atoms with Crippen molar-refractivity contribution in [3.63, 3.8) is 0 Å². The van der Waals surface area contributed by atoms with Gasteiger partial charge in [0.25, 0.3) is 0 Å². The molecule has 35 heavy (non-hydrogen) atoms. The van der Waals surface area contributed by atoms with Crippen LogP contribution in [0.25, 0.3) is 0 Å². The molecule has 1 aromatic carbocycles. The van der Waals surface area contributed by atoms with Crippen molar-refractivity contribution in [3.05, 3.63) is 59.4 Å². The predicted molar refractivity (Wildman–Crippen MR) is 125 cm³/mol. The van der Waals surface area contributed by atoms with Gasteiger partial charge in [0.05, 0.1) is 18.4 Å². The molecule has 1 saturated heterocycles. The lowest BCUT2D eigenvalue weighted by molar-refractivity contribution is -0.327. The minimum atomic E-state index is -1.66. The van der Waals surface area contributed by atoms with Gasteiger partial charge in [-0.05, 0) is 18.9 Å². The Morgan fingerprint density at radius 2 is 1.83 bits per heavy atom. The zero-order chi connectivity index (χ0) is 25.5. The van der Waals surface area contributed by atoms with E-state index in [9.17, 15) is 35.1 Å². The third-order valence-corrected chi connectivity index (χ3v) is 6.82. The van der Waals surface area contributed by atoms with Gasteiger partial charge in [-0.1, -0.05) is 48.2 Å². The van der Waals surface area contributed by atoms with Crippen LogP contribution in [-0.4, -0.2) is 86.0 Å². The van der Waals surface area contributed by atoms with Gasteiger partial charge in [-0.25, -0.2) is 4.79 Å². The van der Waals surface area contributed by atoms with Gasteiger partial charge in [0.15, 0.2) is 11.4 Å². The van der Waals surface area contributed by atoms with Crippen molar-refractivity contribution < 1.29 is 49.3 Å². The van der Waals surface area contributed by atoms with Crippen LogP contribution in [-0.2, 0) is 30.2 Å². The summed E-state index contributed by atoms with van der Waals surface area (Å²) in [6, 6.07) is 9.68. The minimum Gasteiger partial charge on any atom is -0.478 e. The monoisotopic (exact) mass is 510 g/mol. The van der Waals surface area contributed by atoms with E-state index in [2.05, 4.69) is 0 Å². The molecular formula is C24H30O10S. The van der Waals surface area contributed by atoms with E-state index in [-0.39, 0.29) is 17.1 Å². The van der Waals surface area contributed by atoms with Gasteiger partial charge in [0.2, 0.25) is 6.29 Å². The van der Waals surface area contributed by atoms with Gasteiger partial charge in [-0.15, -0.1) is 0 Å². The highest BCUT2D eigenvalue weighted by Gasteiger charge is 2.46. The Hall–Kier alpha value is -2.25. The van der Waals surface area contributed by atoms with Crippen LogP contribution in [0.2, 0.25) is 0 Å². The van der Waals surface area contributed by atoms with Crippen molar-refractivity contribution in [2.45, 2.75) is 56.8 Å². The fourth-order valence-corrected chi connectivity index (χ4v) is 4.82. The van der Waals surface area contributed by atoms with Gasteiger partial charge in [0, 0.05) is 23.7 Å². The van der Waals surface area contributed by atoms with Crippen LogP contribution in [0.4, 0.5) is 0 Å². The molecule has 0 aliphatic carbocycles. The highest BCUT2D eigenvalue weighted by molar-refractivity contribution is 8.13. The Morgan fingerprint density at radius 3 is 2.46 bits per heavy atom. The lowest BCUT2D eigenvalue weighted by Crippen LogP contribution is -2.60. The number of hydrogen-bond acceptors (Lipinski definition) is 10. The number of hydrogen-bond donors (Lipinski definition) is 5. The lowest BCUT2D eigenvalue weighted by Gasteiger charge is -2.41. The fraction of sp³-hybridized carbons (Fsp3) is 0.500. The highest BCUT2D eigenvalue weighted by Crippen LogP contribution is 2.36. The maximum absolute atomic E-state index is 12.7.